The number of methoxy groups -OCH3 is 1. The molecule has 12 atom stereocenters. The van der Waals surface area contributed by atoms with Gasteiger partial charge in [0.05, 0.1) is 42.0 Å². The molecular weight excluding hydrogens is 1060 g/mol. The first kappa shape index (κ1) is 57.6. The predicted molar refractivity (Wildman–Crippen MR) is 298 cm³/mol. The molecule has 9 aliphatic rings. The average molecular weight is 1140 g/mol. The minimum atomic E-state index is -1.88. The van der Waals surface area contributed by atoms with Gasteiger partial charge >= 0.3 is 11.9 Å². The van der Waals surface area contributed by atoms with E-state index in [1.54, 1.807) is 29.7 Å². The first-order valence-electron chi connectivity index (χ1n) is 28.5. The van der Waals surface area contributed by atoms with Gasteiger partial charge in [-0.2, -0.15) is 0 Å². The number of carbonyl (C=O) groups excluding carboxylic acids is 3. The van der Waals surface area contributed by atoms with E-state index in [-0.39, 0.29) is 91.0 Å². The summed E-state index contributed by atoms with van der Waals surface area (Å²) >= 11 is 0. The van der Waals surface area contributed by atoms with Crippen LogP contribution in [-0.2, 0) is 30.2 Å². The largest absolute Gasteiger partial charge is 0.482 e. The van der Waals surface area contributed by atoms with Crippen LogP contribution >= 0.6 is 0 Å². The Morgan fingerprint density at radius 1 is 0.902 bits per heavy atom. The number of anilines is 1. The molecular formula is C62H74FN3O16. The van der Waals surface area contributed by atoms with Crippen LogP contribution in [0.15, 0.2) is 64.1 Å². The van der Waals surface area contributed by atoms with E-state index in [2.05, 4.69) is 11.0 Å². The Balaban J connectivity index is 1.09. The second-order valence-corrected chi connectivity index (χ2v) is 24.9. The Morgan fingerprint density at radius 2 is 1.61 bits per heavy atom. The molecule has 440 valence electrons. The lowest BCUT2D eigenvalue weighted by atomic mass is 9.44. The fourth-order valence-electron chi connectivity index (χ4n) is 14.4. The van der Waals surface area contributed by atoms with Gasteiger partial charge in [0.15, 0.2) is 22.8 Å². The van der Waals surface area contributed by atoms with Crippen molar-refractivity contribution < 1.29 is 77.5 Å². The van der Waals surface area contributed by atoms with Crippen molar-refractivity contribution in [2.75, 3.05) is 44.8 Å². The smallest absolute Gasteiger partial charge is 0.341 e. The van der Waals surface area contributed by atoms with Gasteiger partial charge in [-0.15, -0.1) is 0 Å². The number of esters is 1. The van der Waals surface area contributed by atoms with Crippen LogP contribution < -0.4 is 24.5 Å². The number of carboxylic acid groups (broad SMARTS) is 1. The van der Waals surface area contributed by atoms with Gasteiger partial charge in [0.25, 0.3) is 0 Å². The van der Waals surface area contributed by atoms with Crippen LogP contribution in [0.4, 0.5) is 10.1 Å². The summed E-state index contributed by atoms with van der Waals surface area (Å²) in [6, 6.07) is 1.80. The molecule has 2 aromatic carbocycles. The molecule has 4 saturated carbocycles. The molecule has 6 heterocycles. The van der Waals surface area contributed by atoms with E-state index < -0.39 is 118 Å². The third kappa shape index (κ3) is 9.04. The molecule has 7 unspecified atom stereocenters. The number of aromatic carboxylic acids is 1. The maximum absolute atomic E-state index is 17.0. The molecule has 3 saturated heterocycles. The number of halogens is 1. The summed E-state index contributed by atoms with van der Waals surface area (Å²) in [7, 11) is 1.26. The molecule has 3 aromatic rings. The van der Waals surface area contributed by atoms with Gasteiger partial charge in [-0.1, -0.05) is 29.4 Å². The third-order valence-corrected chi connectivity index (χ3v) is 18.6. The van der Waals surface area contributed by atoms with Gasteiger partial charge in [-0.25, -0.2) is 14.0 Å². The van der Waals surface area contributed by atoms with Crippen molar-refractivity contribution in [3.8, 4) is 17.2 Å². The van der Waals surface area contributed by atoms with Gasteiger partial charge < -0.3 is 63.4 Å². The van der Waals surface area contributed by atoms with Crippen LogP contribution in [0.1, 0.15) is 132 Å². The zero-order valence-electron chi connectivity index (χ0n) is 47.8. The van der Waals surface area contributed by atoms with Crippen molar-refractivity contribution in [3.05, 3.63) is 97.6 Å². The summed E-state index contributed by atoms with van der Waals surface area (Å²) in [4.78, 5) is 75.7. The van der Waals surface area contributed by atoms with Crippen molar-refractivity contribution in [2.45, 2.75) is 166 Å². The number of allylic oxidation sites excluding steroid dienone is 4. The Hall–Kier alpha value is -6.26. The SMILES string of the molecule is COC(=O)C(C)=CCC12OC(C)(C)C3CC(C1=O)C(N1CCN(c4cc5c(cc4F)c(=O)c(C(=O)O)cn5C4CC4)CC1)C1C(=O)c4c(O[C@@H]5O[C@H](CO)[C@@H](O)[C@H](O)[C@H]5O)c5c(c(CC=C(C)C)c4OC132)OC(C)(CCC=C(C)C)C=C5. The Kier molecular flexibility index (Phi) is 14.6. The topological polar surface area (TPSA) is 253 Å². The number of hydrogen-bond donors (Lipinski definition) is 5. The summed E-state index contributed by atoms with van der Waals surface area (Å²) in [6.45, 7) is 15.3. The minimum Gasteiger partial charge on any atom is -0.482 e. The third-order valence-electron chi connectivity index (χ3n) is 18.6. The molecule has 19 nitrogen and oxygen atoms in total. The lowest BCUT2D eigenvalue weighted by Crippen LogP contribution is -2.82. The van der Waals surface area contributed by atoms with Gasteiger partial charge in [0, 0.05) is 79.2 Å². The van der Waals surface area contributed by atoms with E-state index in [0.717, 1.165) is 30.1 Å². The molecule has 4 bridgehead atoms. The standard InChI is InChI=1S/C62H74FN3O16/c1-30(2)11-10-18-60(8)19-17-35-52(80-60)34(15-12-31(3)4)54-44(53(35)79-58-51(72)50(71)48(69)42(29-67)78-58)49(70)45-46(37-26-43-59(6,7)82-61(55(37)73,62(43,45)81-54)20-16-32(5)57(76)77-9)65-23-21-64(22-24-65)41-27-40-36(25-39(41)63)47(68)38(56(74)75)28-66(40)33-13-14-33/h11-12,16-17,19,25,27-28,33,37,42-43,45-46,48,50-51,58,67,69,71-72H,10,13-15,18,20-24,26,29H2,1-9H3,(H,74,75)/t37?,42-,43?,45?,46?,48-,50+,51-,58+,60?,61?,62?/m1/s1. The van der Waals surface area contributed by atoms with E-state index >= 15 is 14.0 Å². The van der Waals surface area contributed by atoms with Crippen molar-refractivity contribution in [3.63, 3.8) is 0 Å². The van der Waals surface area contributed by atoms with Crippen LogP contribution in [-0.4, -0.2) is 158 Å². The number of ketones is 2. The van der Waals surface area contributed by atoms with E-state index in [1.807, 2.05) is 65.5 Å². The number of hydrogen-bond acceptors (Lipinski definition) is 17. The number of ether oxygens (including phenoxy) is 6. The second kappa shape index (κ2) is 20.8. The number of Topliss-reactive ketones (excluding diaryl/α,β-unsaturated/α-hetero) is 2. The molecule has 7 fully saturated rings. The number of piperazine rings is 1. The maximum Gasteiger partial charge on any atom is 0.341 e. The quantitative estimate of drug-likeness (QED) is 0.0648. The van der Waals surface area contributed by atoms with Crippen molar-refractivity contribution in [1.29, 1.82) is 0 Å². The number of carbonyl (C=O) groups is 4. The average Bonchev–Trinajstić information content (AvgIpc) is 1.61. The van der Waals surface area contributed by atoms with Crippen LogP contribution in [0.25, 0.3) is 17.0 Å². The minimum absolute atomic E-state index is 0.0362. The van der Waals surface area contributed by atoms with Crippen LogP contribution in [0.2, 0.25) is 0 Å². The number of aliphatic hydroxyl groups is 4. The van der Waals surface area contributed by atoms with Gasteiger partial charge in [-0.05, 0) is 118 Å². The van der Waals surface area contributed by atoms with E-state index in [1.165, 1.54) is 13.3 Å². The summed E-state index contributed by atoms with van der Waals surface area (Å²) in [5.74, 6) is -5.97. The number of aromatic nitrogens is 1. The normalized spacial score (nSPS) is 32.5. The molecule has 5 N–H and O–H groups in total. The number of rotatable bonds is 15. The molecule has 1 spiro atoms. The number of fused-ring (bicyclic) bond motifs is 3. The van der Waals surface area contributed by atoms with Crippen LogP contribution in [0.5, 0.6) is 17.2 Å². The number of carboxylic acids is 1. The molecule has 12 rings (SSSR count). The summed E-state index contributed by atoms with van der Waals surface area (Å²) < 4.78 is 58.3. The fourth-order valence-corrected chi connectivity index (χ4v) is 14.4. The Morgan fingerprint density at radius 3 is 2.26 bits per heavy atom. The highest BCUT2D eigenvalue weighted by Crippen LogP contribution is 2.71. The first-order valence-corrected chi connectivity index (χ1v) is 28.5. The van der Waals surface area contributed by atoms with Gasteiger partial charge in [-0.3, -0.25) is 19.3 Å². The van der Waals surface area contributed by atoms with Crippen molar-refractivity contribution >= 4 is 46.2 Å². The van der Waals surface area contributed by atoms with Crippen molar-refractivity contribution in [2.24, 2.45) is 17.8 Å². The van der Waals surface area contributed by atoms with Crippen LogP contribution in [0.3, 0.4) is 0 Å². The highest BCUT2D eigenvalue weighted by Gasteiger charge is 2.86. The molecule has 0 amide bonds. The molecule has 20 heteroatoms. The van der Waals surface area contributed by atoms with E-state index in [4.69, 9.17) is 28.4 Å². The summed E-state index contributed by atoms with van der Waals surface area (Å²) in [5, 5.41) is 53.8. The highest BCUT2D eigenvalue weighted by atomic mass is 19.1. The van der Waals surface area contributed by atoms with Gasteiger partial charge in [0.1, 0.15) is 64.2 Å². The molecule has 1 aromatic heterocycles. The van der Waals surface area contributed by atoms with E-state index in [9.17, 15) is 39.9 Å². The lowest BCUT2D eigenvalue weighted by molar-refractivity contribution is -0.277. The lowest BCUT2D eigenvalue weighted by Gasteiger charge is -2.65. The molecule has 4 aliphatic carbocycles. The monoisotopic (exact) mass is 1140 g/mol. The molecule has 82 heavy (non-hydrogen) atoms. The number of pyridine rings is 1. The molecule has 0 radical (unpaired) electrons. The fraction of sp³-hybridized carbons (Fsp3) is 0.565. The number of aliphatic hydroxyl groups excluding tert-OH is 4. The zero-order chi connectivity index (χ0) is 58.9. The predicted octanol–water partition coefficient (Wildman–Crippen LogP) is 6.17. The van der Waals surface area contributed by atoms with Crippen LogP contribution in [0, 0.1) is 23.6 Å². The second-order valence-electron chi connectivity index (χ2n) is 24.9. The Bertz CT molecular complexity index is 3360. The van der Waals surface area contributed by atoms with Crippen molar-refractivity contribution in [1.82, 2.24) is 9.47 Å². The first-order chi connectivity index (χ1) is 38.8. The number of benzene rings is 2. The zero-order valence-corrected chi connectivity index (χ0v) is 47.8. The van der Waals surface area contributed by atoms with Gasteiger partial charge in [0.2, 0.25) is 11.7 Å². The Labute approximate surface area is 474 Å². The van der Waals surface area contributed by atoms with E-state index in [0.29, 0.717) is 35.2 Å². The maximum atomic E-state index is 17.0. The highest BCUT2D eigenvalue weighted by molar-refractivity contribution is 6.11. The summed E-state index contributed by atoms with van der Waals surface area (Å²) in [6.07, 6.45) is 5.11. The summed E-state index contributed by atoms with van der Waals surface area (Å²) in [5.41, 5.74) is -3.28. The molecule has 5 aliphatic heterocycles. The number of nitrogens with zero attached hydrogens (tertiary/aromatic N) is 3.